The van der Waals surface area contributed by atoms with Crippen LogP contribution in [0.15, 0.2) is 36.4 Å². The summed E-state index contributed by atoms with van der Waals surface area (Å²) in [5.41, 5.74) is 0.405. The first kappa shape index (κ1) is 36.6. The van der Waals surface area contributed by atoms with Crippen LogP contribution in [0.4, 0.5) is 35.1 Å². The first-order valence-electron chi connectivity index (χ1n) is 17.2. The van der Waals surface area contributed by atoms with E-state index in [1.165, 1.54) is 19.3 Å². The number of hydrogen-bond acceptors (Lipinski definition) is 3. The van der Waals surface area contributed by atoms with Gasteiger partial charge < -0.3 is 14.2 Å². The van der Waals surface area contributed by atoms with Crippen LogP contribution in [0.2, 0.25) is 0 Å². The second-order valence-electron chi connectivity index (χ2n) is 13.7. The number of alkyl halides is 5. The molecule has 0 bridgehead atoms. The fraction of sp³-hybridized carbons (Fsp3) is 0.622. The average Bonchev–Trinajstić information content (AvgIpc) is 3.04. The molecule has 2 aliphatic carbocycles. The van der Waals surface area contributed by atoms with E-state index in [0.29, 0.717) is 29.5 Å². The van der Waals surface area contributed by atoms with Crippen molar-refractivity contribution < 1.29 is 49.3 Å². The fourth-order valence-electron chi connectivity index (χ4n) is 7.47. The minimum atomic E-state index is -4.80. The van der Waals surface area contributed by atoms with Crippen LogP contribution in [0.3, 0.4) is 0 Å². The highest BCUT2D eigenvalue weighted by Crippen LogP contribution is 2.45. The summed E-state index contributed by atoms with van der Waals surface area (Å²) >= 11 is 0. The zero-order valence-corrected chi connectivity index (χ0v) is 27.2. The summed E-state index contributed by atoms with van der Waals surface area (Å²) in [6.07, 6.45) is 0.0752. The van der Waals surface area contributed by atoms with Gasteiger partial charge in [-0.25, -0.2) is 13.2 Å². The number of hydrogen-bond donors (Lipinski definition) is 0. The lowest BCUT2D eigenvalue weighted by atomic mass is 9.76. The van der Waals surface area contributed by atoms with Gasteiger partial charge in [0.05, 0.1) is 19.1 Å². The van der Waals surface area contributed by atoms with Crippen molar-refractivity contribution in [2.24, 2.45) is 17.8 Å². The van der Waals surface area contributed by atoms with Gasteiger partial charge in [0.2, 0.25) is 0 Å². The third-order valence-corrected chi connectivity index (χ3v) is 10.2. The van der Waals surface area contributed by atoms with E-state index < -0.39 is 41.2 Å². The van der Waals surface area contributed by atoms with E-state index in [1.54, 1.807) is 12.1 Å². The van der Waals surface area contributed by atoms with Crippen LogP contribution in [0.5, 0.6) is 5.75 Å². The van der Waals surface area contributed by atoms with E-state index >= 15 is 13.2 Å². The molecule has 0 spiro atoms. The molecule has 0 N–H and O–H groups in total. The van der Waals surface area contributed by atoms with Gasteiger partial charge in [0, 0.05) is 35.6 Å². The molecule has 48 heavy (non-hydrogen) atoms. The van der Waals surface area contributed by atoms with Gasteiger partial charge in [-0.2, -0.15) is 22.0 Å². The minimum Gasteiger partial charge on any atom is -0.432 e. The Morgan fingerprint density at radius 3 is 1.98 bits per heavy atom. The number of ether oxygens (including phenoxy) is 3. The molecule has 1 heterocycles. The minimum absolute atomic E-state index is 0.00889. The Kier molecular flexibility index (Phi) is 12.1. The van der Waals surface area contributed by atoms with Crippen molar-refractivity contribution in [3.63, 3.8) is 0 Å². The molecule has 11 heteroatoms. The van der Waals surface area contributed by atoms with Crippen molar-refractivity contribution in [3.8, 4) is 5.75 Å². The first-order chi connectivity index (χ1) is 22.8. The Bertz CT molecular complexity index is 1350. The smallest absolute Gasteiger partial charge is 0.409 e. The highest BCUT2D eigenvalue weighted by atomic mass is 19.4. The van der Waals surface area contributed by atoms with E-state index in [1.807, 2.05) is 6.07 Å². The van der Waals surface area contributed by atoms with Crippen molar-refractivity contribution in [1.29, 1.82) is 0 Å². The predicted octanol–water partition coefficient (Wildman–Crippen LogP) is 11.5. The topological polar surface area (TPSA) is 27.7 Å². The summed E-state index contributed by atoms with van der Waals surface area (Å²) in [5.74, 6) is -4.63. The van der Waals surface area contributed by atoms with Gasteiger partial charge in [-0.1, -0.05) is 38.3 Å². The van der Waals surface area contributed by atoms with Gasteiger partial charge in [-0.05, 0) is 92.9 Å². The molecule has 3 aliphatic rings. The molecule has 0 unspecified atom stereocenters. The van der Waals surface area contributed by atoms with Gasteiger partial charge >= 0.3 is 12.3 Å². The summed E-state index contributed by atoms with van der Waals surface area (Å²) < 4.78 is 128. The van der Waals surface area contributed by atoms with Gasteiger partial charge in [0.25, 0.3) is 0 Å². The van der Waals surface area contributed by atoms with Crippen LogP contribution in [0.1, 0.15) is 112 Å². The van der Waals surface area contributed by atoms with Gasteiger partial charge in [0.15, 0.2) is 6.29 Å². The van der Waals surface area contributed by atoms with Gasteiger partial charge in [-0.15, -0.1) is 0 Å². The summed E-state index contributed by atoms with van der Waals surface area (Å²) in [4.78, 5) is 0. The number of allylic oxidation sites excluding steroid dienone is 1. The molecule has 1 saturated heterocycles. The maximum absolute atomic E-state index is 15.4. The molecule has 0 aromatic heterocycles. The second-order valence-corrected chi connectivity index (χ2v) is 13.7. The maximum Gasteiger partial charge on any atom is 0.409 e. The molecule has 1 aliphatic heterocycles. The SMILES string of the molecule is CCCCCC1COC(C2CCC(c3ccc(C4CCC(C(F)(F)Oc5cc(F)c(C=CC(F)(F)F)c(F)c5)CC4)c(F)c3)CC2)OC1. The average molecular weight is 689 g/mol. The maximum atomic E-state index is 15.4. The van der Waals surface area contributed by atoms with Crippen molar-refractivity contribution >= 4 is 6.08 Å². The number of unbranched alkanes of at least 4 members (excludes halogenated alkanes) is 2. The Morgan fingerprint density at radius 1 is 0.771 bits per heavy atom. The predicted molar refractivity (Wildman–Crippen MR) is 166 cm³/mol. The van der Waals surface area contributed by atoms with E-state index in [-0.39, 0.29) is 61.8 Å². The third kappa shape index (κ3) is 9.52. The van der Waals surface area contributed by atoms with Gasteiger partial charge in [0.1, 0.15) is 23.2 Å². The molecule has 3 nitrogen and oxygen atoms in total. The van der Waals surface area contributed by atoms with Crippen LogP contribution in [-0.2, 0) is 9.47 Å². The van der Waals surface area contributed by atoms with Crippen LogP contribution >= 0.6 is 0 Å². The zero-order chi connectivity index (χ0) is 34.5. The summed E-state index contributed by atoms with van der Waals surface area (Å²) in [6, 6.07) is 6.16. The van der Waals surface area contributed by atoms with E-state index in [0.717, 1.165) is 50.9 Å². The molecule has 2 saturated carbocycles. The van der Waals surface area contributed by atoms with Crippen molar-refractivity contribution in [2.75, 3.05) is 13.2 Å². The third-order valence-electron chi connectivity index (χ3n) is 10.2. The zero-order valence-electron chi connectivity index (χ0n) is 27.2. The van der Waals surface area contributed by atoms with E-state index in [9.17, 15) is 22.0 Å². The summed E-state index contributed by atoms with van der Waals surface area (Å²) in [7, 11) is 0. The fourth-order valence-corrected chi connectivity index (χ4v) is 7.47. The van der Waals surface area contributed by atoms with Crippen molar-refractivity contribution in [1.82, 2.24) is 0 Å². The van der Waals surface area contributed by atoms with E-state index in [4.69, 9.17) is 9.47 Å². The van der Waals surface area contributed by atoms with Crippen LogP contribution < -0.4 is 4.74 Å². The standard InChI is InChI=1S/C37H44F8O3/c1-2-3-4-5-23-21-46-35(47-22-23)26-8-6-24(7-9-26)27-12-15-30(32(38)18-27)25-10-13-28(14-11-25)37(44,45)48-29-19-33(39)31(34(40)20-29)16-17-36(41,42)43/h12,15-20,23-26,28,35H,2-11,13-14,21-22H2,1H3. The Labute approximate surface area is 277 Å². The molecule has 0 atom stereocenters. The normalized spacial score (nSPS) is 27.4. The Balaban J connectivity index is 1.10. The van der Waals surface area contributed by atoms with Crippen LogP contribution in [-0.4, -0.2) is 31.8 Å². The number of benzene rings is 2. The number of rotatable bonds is 11. The highest BCUT2D eigenvalue weighted by Gasteiger charge is 2.45. The molecule has 0 radical (unpaired) electrons. The number of halogens is 8. The Hall–Kier alpha value is -2.66. The molecule has 0 amide bonds. The lowest BCUT2D eigenvalue weighted by Crippen LogP contribution is -2.38. The van der Waals surface area contributed by atoms with Crippen molar-refractivity contribution in [2.45, 2.75) is 114 Å². The monoisotopic (exact) mass is 688 g/mol. The van der Waals surface area contributed by atoms with Crippen LogP contribution in [0.25, 0.3) is 6.08 Å². The molecule has 5 rings (SSSR count). The van der Waals surface area contributed by atoms with Crippen LogP contribution in [0, 0.1) is 35.2 Å². The summed E-state index contributed by atoms with van der Waals surface area (Å²) in [6.45, 7) is 3.69. The van der Waals surface area contributed by atoms with Gasteiger partial charge in [-0.3, -0.25) is 0 Å². The van der Waals surface area contributed by atoms with Crippen molar-refractivity contribution in [3.05, 3.63) is 70.5 Å². The Morgan fingerprint density at radius 2 is 1.40 bits per heavy atom. The molecule has 2 aromatic carbocycles. The molecule has 3 fully saturated rings. The molecular formula is C37H44F8O3. The lowest BCUT2D eigenvalue weighted by Gasteiger charge is -2.38. The lowest BCUT2D eigenvalue weighted by molar-refractivity contribution is -0.229. The largest absolute Gasteiger partial charge is 0.432 e. The van der Waals surface area contributed by atoms with E-state index in [2.05, 4.69) is 11.7 Å². The molecule has 266 valence electrons. The highest BCUT2D eigenvalue weighted by molar-refractivity contribution is 5.53. The quantitative estimate of drug-likeness (QED) is 0.174. The molecule has 2 aromatic rings. The second kappa shape index (κ2) is 15.9. The summed E-state index contributed by atoms with van der Waals surface area (Å²) in [5, 5.41) is 0. The molecular weight excluding hydrogens is 644 g/mol. The first-order valence-corrected chi connectivity index (χ1v) is 17.2.